The number of hydrogen-bond donors (Lipinski definition) is 1. The second kappa shape index (κ2) is 4.90. The van der Waals surface area contributed by atoms with Crippen molar-refractivity contribution in [3.8, 4) is 0 Å². The van der Waals surface area contributed by atoms with Crippen LogP contribution in [0.15, 0.2) is 0 Å². The van der Waals surface area contributed by atoms with Gasteiger partial charge in [0.1, 0.15) is 0 Å². The molecule has 0 saturated carbocycles. The Morgan fingerprint density at radius 3 is 2.11 bits per heavy atom. The Morgan fingerprint density at radius 1 is 1.56 bits per heavy atom. The molecule has 0 fully saturated rings. The van der Waals surface area contributed by atoms with Gasteiger partial charge in [-0.3, -0.25) is 0 Å². The van der Waals surface area contributed by atoms with Crippen LogP contribution in [-0.4, -0.2) is 19.3 Å². The quantitative estimate of drug-likeness (QED) is 0.670. The largest absolute Gasteiger partial charge is 0.367 e. The molecule has 0 heterocycles. The van der Waals surface area contributed by atoms with Gasteiger partial charge in [-0.25, -0.2) is 0 Å². The highest BCUT2D eigenvalue weighted by atomic mass is 35.5. The average molecular weight is 162 g/mol. The van der Waals surface area contributed by atoms with E-state index in [1.165, 1.54) is 6.92 Å². The summed E-state index contributed by atoms with van der Waals surface area (Å²) in [6.45, 7) is 0.731. The molecular weight excluding hydrogens is 151 g/mol. The van der Waals surface area contributed by atoms with Gasteiger partial charge in [-0.05, 0) is 6.92 Å². The van der Waals surface area contributed by atoms with Gasteiger partial charge in [0, 0.05) is 0 Å². The molecule has 58 valence electrons. The lowest BCUT2D eigenvalue weighted by atomic mass is 10.6. The van der Waals surface area contributed by atoms with Crippen molar-refractivity contribution >= 4 is 12.4 Å². The summed E-state index contributed by atoms with van der Waals surface area (Å²) in [6.07, 6.45) is -3.13. The van der Waals surface area contributed by atoms with E-state index < -0.39 is 12.7 Å². The molecule has 0 unspecified atom stereocenters. The van der Waals surface area contributed by atoms with Crippen molar-refractivity contribution in [3.05, 3.63) is 0 Å². The van der Waals surface area contributed by atoms with E-state index in [9.17, 15) is 8.78 Å². The maximum Gasteiger partial charge on any atom is 0.367 e. The fourth-order valence-electron chi connectivity index (χ4n) is 0.270. The molecule has 0 aromatic rings. The van der Waals surface area contributed by atoms with E-state index >= 15 is 0 Å². The lowest BCUT2D eigenvalue weighted by molar-refractivity contribution is -0.226. The molecule has 0 saturated heterocycles. The van der Waals surface area contributed by atoms with E-state index in [2.05, 4.69) is 10.5 Å². The highest BCUT2D eigenvalue weighted by molar-refractivity contribution is 5.85. The standard InChI is InChI=1S/C4H9F2NO.ClH/c1-2-8-4(5,6)3-7;/h2-3,7H2,1H3;1H. The third-order valence-corrected chi connectivity index (χ3v) is 0.593. The molecular formula is C4H10ClF2NO. The van der Waals surface area contributed by atoms with Crippen LogP contribution < -0.4 is 5.73 Å². The fourth-order valence-corrected chi connectivity index (χ4v) is 0.270. The molecule has 0 aliphatic heterocycles. The minimum Gasteiger partial charge on any atom is -0.323 e. The first-order valence-corrected chi connectivity index (χ1v) is 2.34. The van der Waals surface area contributed by atoms with Crippen molar-refractivity contribution < 1.29 is 13.5 Å². The van der Waals surface area contributed by atoms with Gasteiger partial charge in [-0.15, -0.1) is 12.4 Å². The van der Waals surface area contributed by atoms with Crippen molar-refractivity contribution in [1.29, 1.82) is 0 Å². The topological polar surface area (TPSA) is 35.2 Å². The third-order valence-electron chi connectivity index (χ3n) is 0.593. The molecule has 9 heavy (non-hydrogen) atoms. The molecule has 0 bridgehead atoms. The van der Waals surface area contributed by atoms with Crippen LogP contribution in [0.25, 0.3) is 0 Å². The Kier molecular flexibility index (Phi) is 6.44. The van der Waals surface area contributed by atoms with Gasteiger partial charge in [-0.1, -0.05) is 0 Å². The summed E-state index contributed by atoms with van der Waals surface area (Å²) in [7, 11) is 0. The van der Waals surface area contributed by atoms with Crippen LogP contribution in [-0.2, 0) is 4.74 Å². The third kappa shape index (κ3) is 5.95. The minimum atomic E-state index is -3.13. The first-order chi connectivity index (χ1) is 3.62. The maximum absolute atomic E-state index is 11.8. The second-order valence-electron chi connectivity index (χ2n) is 1.27. The first kappa shape index (κ1) is 11.8. The van der Waals surface area contributed by atoms with E-state index in [4.69, 9.17) is 0 Å². The lowest BCUT2D eigenvalue weighted by Gasteiger charge is -2.11. The van der Waals surface area contributed by atoms with Crippen LogP contribution in [0.3, 0.4) is 0 Å². The zero-order valence-corrected chi connectivity index (χ0v) is 5.88. The van der Waals surface area contributed by atoms with E-state index in [1.54, 1.807) is 0 Å². The number of rotatable bonds is 3. The summed E-state index contributed by atoms with van der Waals surface area (Å²) in [4.78, 5) is 0. The van der Waals surface area contributed by atoms with Crippen molar-refractivity contribution in [1.82, 2.24) is 0 Å². The highest BCUT2D eigenvalue weighted by Gasteiger charge is 2.26. The molecule has 0 aromatic heterocycles. The molecule has 0 spiro atoms. The van der Waals surface area contributed by atoms with Gasteiger partial charge in [-0.2, -0.15) is 8.78 Å². The maximum atomic E-state index is 11.8. The van der Waals surface area contributed by atoms with Crippen molar-refractivity contribution in [2.24, 2.45) is 5.73 Å². The summed E-state index contributed by atoms with van der Waals surface area (Å²) in [5.74, 6) is 0. The van der Waals surface area contributed by atoms with Gasteiger partial charge < -0.3 is 10.5 Å². The minimum absolute atomic E-state index is 0. The van der Waals surface area contributed by atoms with Gasteiger partial charge in [0.2, 0.25) is 0 Å². The first-order valence-electron chi connectivity index (χ1n) is 2.34. The lowest BCUT2D eigenvalue weighted by Crippen LogP contribution is -2.30. The number of hydrogen-bond acceptors (Lipinski definition) is 2. The van der Waals surface area contributed by atoms with Gasteiger partial charge >= 0.3 is 6.11 Å². The Balaban J connectivity index is 0. The van der Waals surface area contributed by atoms with Crippen LogP contribution in [0.5, 0.6) is 0 Å². The average Bonchev–Trinajstić information content (AvgIpc) is 1.67. The second-order valence-corrected chi connectivity index (χ2v) is 1.27. The summed E-state index contributed by atoms with van der Waals surface area (Å²) < 4.78 is 27.5. The predicted octanol–water partition coefficient (Wildman–Crippen LogP) is 0.996. The molecule has 0 aromatic carbocycles. The van der Waals surface area contributed by atoms with Crippen molar-refractivity contribution in [2.75, 3.05) is 13.2 Å². The van der Waals surface area contributed by atoms with Gasteiger partial charge in [0.05, 0.1) is 13.2 Å². The Hall–Kier alpha value is 0.0700. The zero-order chi connectivity index (χ0) is 6.62. The summed E-state index contributed by atoms with van der Waals surface area (Å²) in [6, 6.07) is 0. The molecule has 0 radical (unpaired) electrons. The Bertz CT molecular complexity index is 71.6. The van der Waals surface area contributed by atoms with E-state index in [1.807, 2.05) is 0 Å². The summed E-state index contributed by atoms with van der Waals surface area (Å²) in [5, 5.41) is 0. The van der Waals surface area contributed by atoms with Gasteiger partial charge in [0.25, 0.3) is 0 Å². The molecule has 0 aliphatic rings. The Labute approximate surface area is 58.8 Å². The summed E-state index contributed by atoms with van der Waals surface area (Å²) >= 11 is 0. The van der Waals surface area contributed by atoms with Crippen LogP contribution in [0, 0.1) is 0 Å². The smallest absolute Gasteiger partial charge is 0.323 e. The molecule has 5 heteroatoms. The number of alkyl halides is 2. The normalized spacial score (nSPS) is 10.7. The molecule has 2 N–H and O–H groups in total. The van der Waals surface area contributed by atoms with Crippen LogP contribution >= 0.6 is 12.4 Å². The SMILES string of the molecule is CCOC(F)(F)CN.Cl. The van der Waals surface area contributed by atoms with Gasteiger partial charge in [0.15, 0.2) is 0 Å². The zero-order valence-electron chi connectivity index (χ0n) is 5.06. The molecule has 0 aliphatic carbocycles. The summed E-state index contributed by atoms with van der Waals surface area (Å²) in [5.41, 5.74) is 4.62. The van der Waals surface area contributed by atoms with E-state index in [0.29, 0.717) is 0 Å². The van der Waals surface area contributed by atoms with Crippen LogP contribution in [0.1, 0.15) is 6.92 Å². The fraction of sp³-hybridized carbons (Fsp3) is 1.00. The predicted molar refractivity (Wildman–Crippen MR) is 32.9 cm³/mol. The molecule has 2 nitrogen and oxygen atoms in total. The van der Waals surface area contributed by atoms with Crippen molar-refractivity contribution in [3.63, 3.8) is 0 Å². The monoisotopic (exact) mass is 161 g/mol. The number of ether oxygens (including phenoxy) is 1. The van der Waals surface area contributed by atoms with E-state index in [-0.39, 0.29) is 19.0 Å². The highest BCUT2D eigenvalue weighted by Crippen LogP contribution is 2.11. The van der Waals surface area contributed by atoms with Crippen LogP contribution in [0.4, 0.5) is 8.78 Å². The van der Waals surface area contributed by atoms with Crippen LogP contribution in [0.2, 0.25) is 0 Å². The van der Waals surface area contributed by atoms with E-state index in [0.717, 1.165) is 0 Å². The molecule has 0 rings (SSSR count). The molecule has 0 atom stereocenters. The molecule has 0 amide bonds. The number of halogens is 3. The Morgan fingerprint density at radius 2 is 2.00 bits per heavy atom. The number of nitrogens with two attached hydrogens (primary N) is 1. The van der Waals surface area contributed by atoms with Crippen molar-refractivity contribution in [2.45, 2.75) is 13.0 Å².